The molecule has 0 spiro atoms. The fourth-order valence-corrected chi connectivity index (χ4v) is 2.30. The number of hydrogen-bond donors (Lipinski definition) is 0. The van der Waals surface area contributed by atoms with Crippen molar-refractivity contribution in [2.75, 3.05) is 13.2 Å². The predicted molar refractivity (Wildman–Crippen MR) is 97.6 cm³/mol. The molecule has 0 radical (unpaired) electrons. The minimum Gasteiger partial charge on any atom is -0.494 e. The van der Waals surface area contributed by atoms with Crippen molar-refractivity contribution in [3.05, 3.63) is 65.2 Å². The number of rotatable bonds is 9. The first-order chi connectivity index (χ1) is 12.5. The summed E-state index contributed by atoms with van der Waals surface area (Å²) in [6, 6.07) is 13.8. The van der Waals surface area contributed by atoms with Crippen molar-refractivity contribution in [1.29, 1.82) is 0 Å². The second-order valence-electron chi connectivity index (χ2n) is 5.83. The number of Topliss-reactive ketones (excluding diaryl/α,β-unsaturated/α-hetero) is 2. The largest absolute Gasteiger partial charge is 0.494 e. The molecule has 5 nitrogen and oxygen atoms in total. The van der Waals surface area contributed by atoms with Gasteiger partial charge in [0.15, 0.2) is 18.2 Å². The Kier molecular flexibility index (Phi) is 7.09. The Balaban J connectivity index is 1.76. The van der Waals surface area contributed by atoms with Gasteiger partial charge < -0.3 is 9.47 Å². The van der Waals surface area contributed by atoms with Gasteiger partial charge in [-0.15, -0.1) is 0 Å². The number of ketones is 2. The molecule has 2 rings (SSSR count). The van der Waals surface area contributed by atoms with Crippen molar-refractivity contribution in [3.8, 4) is 5.75 Å². The smallest absolute Gasteiger partial charge is 0.306 e. The minimum atomic E-state index is -0.565. The molecule has 0 N–H and O–H groups in total. The molecular formula is C21H22O5. The zero-order valence-corrected chi connectivity index (χ0v) is 15.0. The molecule has 5 heteroatoms. The fourth-order valence-electron chi connectivity index (χ4n) is 2.30. The molecule has 0 atom stereocenters. The number of carbonyl (C=O) groups excluding carboxylic acids is 3. The molecule has 0 saturated heterocycles. The average Bonchev–Trinajstić information content (AvgIpc) is 2.65. The molecule has 2 aromatic rings. The number of hydrogen-bond acceptors (Lipinski definition) is 5. The van der Waals surface area contributed by atoms with Gasteiger partial charge in [-0.2, -0.15) is 0 Å². The lowest BCUT2D eigenvalue weighted by molar-refractivity contribution is -0.142. The number of aryl methyl sites for hydroxylation is 1. The molecule has 0 bridgehead atoms. The first-order valence-corrected chi connectivity index (χ1v) is 8.51. The van der Waals surface area contributed by atoms with Gasteiger partial charge in [0.05, 0.1) is 13.0 Å². The van der Waals surface area contributed by atoms with Crippen LogP contribution in [0.4, 0.5) is 0 Å². The van der Waals surface area contributed by atoms with Gasteiger partial charge in [0.1, 0.15) is 5.75 Å². The van der Waals surface area contributed by atoms with E-state index in [9.17, 15) is 14.4 Å². The number of carbonyl (C=O) groups is 3. The molecule has 0 amide bonds. The van der Waals surface area contributed by atoms with Gasteiger partial charge in [-0.05, 0) is 38.1 Å². The third-order valence-electron chi connectivity index (χ3n) is 3.78. The van der Waals surface area contributed by atoms with Crippen LogP contribution in [0.25, 0.3) is 0 Å². The van der Waals surface area contributed by atoms with Crippen molar-refractivity contribution in [2.24, 2.45) is 0 Å². The molecule has 136 valence electrons. The number of esters is 1. The average molecular weight is 354 g/mol. The molecule has 0 aliphatic rings. The van der Waals surface area contributed by atoms with Crippen LogP contribution < -0.4 is 4.74 Å². The van der Waals surface area contributed by atoms with E-state index in [1.165, 1.54) is 0 Å². The van der Waals surface area contributed by atoms with Gasteiger partial charge in [-0.1, -0.05) is 29.8 Å². The van der Waals surface area contributed by atoms with Crippen LogP contribution in [0.15, 0.2) is 48.5 Å². The second kappa shape index (κ2) is 9.51. The van der Waals surface area contributed by atoms with Gasteiger partial charge in [0.2, 0.25) is 0 Å². The van der Waals surface area contributed by atoms with Crippen LogP contribution in [0.2, 0.25) is 0 Å². The standard InChI is InChI=1S/C21H22O5/c1-3-25-18-10-8-16(9-11-18)19(22)12-13-21(24)26-14-20(23)17-6-4-15(2)5-7-17/h4-11H,3,12-14H2,1-2H3. The zero-order valence-electron chi connectivity index (χ0n) is 15.0. The first-order valence-electron chi connectivity index (χ1n) is 8.51. The van der Waals surface area contributed by atoms with Gasteiger partial charge in [0, 0.05) is 17.5 Å². The Morgan fingerprint density at radius 1 is 0.808 bits per heavy atom. The van der Waals surface area contributed by atoms with Crippen molar-refractivity contribution in [2.45, 2.75) is 26.7 Å². The normalized spacial score (nSPS) is 10.2. The summed E-state index contributed by atoms with van der Waals surface area (Å²) >= 11 is 0. The highest BCUT2D eigenvalue weighted by molar-refractivity contribution is 5.99. The Labute approximate surface area is 152 Å². The molecule has 26 heavy (non-hydrogen) atoms. The summed E-state index contributed by atoms with van der Waals surface area (Å²) in [6.45, 7) is 4.05. The summed E-state index contributed by atoms with van der Waals surface area (Å²) < 4.78 is 10.3. The lowest BCUT2D eigenvalue weighted by atomic mass is 10.1. The van der Waals surface area contributed by atoms with E-state index in [1.807, 2.05) is 26.0 Å². The van der Waals surface area contributed by atoms with E-state index in [0.717, 1.165) is 5.56 Å². The molecular weight excluding hydrogens is 332 g/mol. The molecule has 0 saturated carbocycles. The Hall–Kier alpha value is -2.95. The van der Waals surface area contributed by atoms with Crippen LogP contribution in [-0.2, 0) is 9.53 Å². The van der Waals surface area contributed by atoms with Crippen LogP contribution >= 0.6 is 0 Å². The maximum absolute atomic E-state index is 12.1. The maximum Gasteiger partial charge on any atom is 0.306 e. The lowest BCUT2D eigenvalue weighted by Crippen LogP contribution is -2.15. The minimum absolute atomic E-state index is 0.0333. The van der Waals surface area contributed by atoms with Crippen LogP contribution in [0, 0.1) is 6.92 Å². The maximum atomic E-state index is 12.1. The van der Waals surface area contributed by atoms with Gasteiger partial charge in [-0.3, -0.25) is 14.4 Å². The summed E-state index contributed by atoms with van der Waals surface area (Å²) in [6.07, 6.45) is -0.0290. The highest BCUT2D eigenvalue weighted by atomic mass is 16.5. The summed E-state index contributed by atoms with van der Waals surface area (Å²) in [5.41, 5.74) is 2.05. The van der Waals surface area contributed by atoms with Crippen LogP contribution in [0.5, 0.6) is 5.75 Å². The quantitative estimate of drug-likeness (QED) is 0.506. The zero-order chi connectivity index (χ0) is 18.9. The summed E-state index contributed by atoms with van der Waals surface area (Å²) in [5.74, 6) is -0.297. The Bertz CT molecular complexity index is 760. The molecule has 0 aliphatic heterocycles. The molecule has 0 heterocycles. The van der Waals surface area contributed by atoms with Crippen molar-refractivity contribution < 1.29 is 23.9 Å². The van der Waals surface area contributed by atoms with E-state index in [2.05, 4.69) is 0 Å². The first kappa shape index (κ1) is 19.4. The topological polar surface area (TPSA) is 69.7 Å². The Morgan fingerprint density at radius 3 is 2.00 bits per heavy atom. The van der Waals surface area contributed by atoms with Crippen LogP contribution in [0.1, 0.15) is 46.0 Å². The van der Waals surface area contributed by atoms with E-state index in [1.54, 1.807) is 36.4 Å². The third-order valence-corrected chi connectivity index (χ3v) is 3.78. The van der Waals surface area contributed by atoms with E-state index in [4.69, 9.17) is 9.47 Å². The van der Waals surface area contributed by atoms with Crippen LogP contribution in [-0.4, -0.2) is 30.7 Å². The van der Waals surface area contributed by atoms with E-state index in [0.29, 0.717) is 23.5 Å². The monoisotopic (exact) mass is 354 g/mol. The SMILES string of the molecule is CCOc1ccc(C(=O)CCC(=O)OCC(=O)c2ccc(C)cc2)cc1. The van der Waals surface area contributed by atoms with Crippen molar-refractivity contribution in [3.63, 3.8) is 0 Å². The highest BCUT2D eigenvalue weighted by Gasteiger charge is 2.13. The number of benzene rings is 2. The molecule has 0 unspecified atom stereocenters. The Morgan fingerprint density at radius 2 is 1.38 bits per heavy atom. The van der Waals surface area contributed by atoms with Gasteiger partial charge in [0.25, 0.3) is 0 Å². The lowest BCUT2D eigenvalue weighted by Gasteiger charge is -2.06. The van der Waals surface area contributed by atoms with Crippen molar-refractivity contribution in [1.82, 2.24) is 0 Å². The predicted octanol–water partition coefficient (Wildman–Crippen LogP) is 3.78. The summed E-state index contributed by atoms with van der Waals surface area (Å²) in [5, 5.41) is 0. The highest BCUT2D eigenvalue weighted by Crippen LogP contribution is 2.14. The van der Waals surface area contributed by atoms with Crippen LogP contribution in [0.3, 0.4) is 0 Å². The molecule has 2 aromatic carbocycles. The molecule has 0 fully saturated rings. The molecule has 0 aliphatic carbocycles. The summed E-state index contributed by atoms with van der Waals surface area (Å²) in [7, 11) is 0. The van der Waals surface area contributed by atoms with E-state index < -0.39 is 5.97 Å². The second-order valence-corrected chi connectivity index (χ2v) is 5.83. The van der Waals surface area contributed by atoms with E-state index >= 15 is 0 Å². The fraction of sp³-hybridized carbons (Fsp3) is 0.286. The van der Waals surface area contributed by atoms with Crippen molar-refractivity contribution >= 4 is 17.5 Å². The third kappa shape index (κ3) is 5.84. The van der Waals surface area contributed by atoms with Gasteiger partial charge >= 0.3 is 5.97 Å². The number of ether oxygens (including phenoxy) is 2. The van der Waals surface area contributed by atoms with Gasteiger partial charge in [-0.25, -0.2) is 0 Å². The summed E-state index contributed by atoms with van der Waals surface area (Å²) in [4.78, 5) is 35.8. The van der Waals surface area contributed by atoms with E-state index in [-0.39, 0.29) is 31.0 Å². The molecule has 0 aromatic heterocycles.